The molecular weight excluding hydrogens is 504 g/mol. The number of carbonyl (C=O) groups is 2. The number of esters is 1. The number of benzene rings is 2. The van der Waals surface area contributed by atoms with Crippen molar-refractivity contribution in [3.63, 3.8) is 0 Å². The summed E-state index contributed by atoms with van der Waals surface area (Å²) in [5.41, 5.74) is 6.56. The molecule has 5 rings (SSSR count). The molecule has 0 radical (unpaired) electrons. The third-order valence-electron chi connectivity index (χ3n) is 5.97. The summed E-state index contributed by atoms with van der Waals surface area (Å²) >= 11 is 2.66. The first-order valence-corrected chi connectivity index (χ1v) is 13.7. The highest BCUT2D eigenvalue weighted by molar-refractivity contribution is 7.99. The SMILES string of the molecule is CCOC(=O)c1cc(-c2ccccc2)sc1NC(=O)CSc1nnc2cc(C)c3cc(C)cc(C)c3n12. The number of thioether (sulfide) groups is 1. The van der Waals surface area contributed by atoms with Crippen LogP contribution < -0.4 is 5.32 Å². The zero-order valence-electron chi connectivity index (χ0n) is 21.0. The van der Waals surface area contributed by atoms with Gasteiger partial charge >= 0.3 is 5.97 Å². The first kappa shape index (κ1) is 25.0. The average molecular weight is 531 g/mol. The molecular formula is C28H26N4O3S2. The molecule has 0 aliphatic heterocycles. The number of ether oxygens (including phenoxy) is 1. The zero-order valence-corrected chi connectivity index (χ0v) is 22.6. The Labute approximate surface area is 222 Å². The van der Waals surface area contributed by atoms with E-state index in [1.54, 1.807) is 13.0 Å². The fourth-order valence-electron chi connectivity index (χ4n) is 4.39. The van der Waals surface area contributed by atoms with E-state index in [-0.39, 0.29) is 18.3 Å². The largest absolute Gasteiger partial charge is 0.462 e. The van der Waals surface area contributed by atoms with Crippen LogP contribution in [0.15, 0.2) is 59.8 Å². The van der Waals surface area contributed by atoms with Gasteiger partial charge in [0.25, 0.3) is 0 Å². The van der Waals surface area contributed by atoms with Gasteiger partial charge in [-0.1, -0.05) is 53.7 Å². The summed E-state index contributed by atoms with van der Waals surface area (Å²) in [6.07, 6.45) is 0. The predicted octanol–water partition coefficient (Wildman–Crippen LogP) is 6.44. The number of rotatable bonds is 7. The van der Waals surface area contributed by atoms with Gasteiger partial charge in [0.1, 0.15) is 5.00 Å². The van der Waals surface area contributed by atoms with E-state index >= 15 is 0 Å². The number of hydrogen-bond acceptors (Lipinski definition) is 7. The first-order chi connectivity index (χ1) is 17.9. The van der Waals surface area contributed by atoms with Gasteiger partial charge in [-0.2, -0.15) is 0 Å². The second-order valence-corrected chi connectivity index (χ2v) is 10.8. The quantitative estimate of drug-likeness (QED) is 0.192. The number of pyridine rings is 1. The second kappa shape index (κ2) is 10.4. The number of nitrogens with one attached hydrogen (secondary N) is 1. The van der Waals surface area contributed by atoms with Crippen molar-refractivity contribution in [2.45, 2.75) is 32.9 Å². The van der Waals surface area contributed by atoms with Crippen molar-refractivity contribution in [2.24, 2.45) is 0 Å². The van der Waals surface area contributed by atoms with Crippen LogP contribution in [0.2, 0.25) is 0 Å². The summed E-state index contributed by atoms with van der Waals surface area (Å²) in [6, 6.07) is 17.8. The van der Waals surface area contributed by atoms with Crippen molar-refractivity contribution in [3.8, 4) is 10.4 Å². The van der Waals surface area contributed by atoms with Crippen LogP contribution in [0.5, 0.6) is 0 Å². The minimum Gasteiger partial charge on any atom is -0.462 e. The molecule has 0 saturated heterocycles. The third kappa shape index (κ3) is 4.97. The lowest BCUT2D eigenvalue weighted by Crippen LogP contribution is -2.16. The maximum atomic E-state index is 13.0. The molecule has 0 atom stereocenters. The van der Waals surface area contributed by atoms with E-state index in [1.165, 1.54) is 28.7 Å². The minimum atomic E-state index is -0.458. The summed E-state index contributed by atoms with van der Waals surface area (Å²) in [5, 5.41) is 13.9. The van der Waals surface area contributed by atoms with Crippen LogP contribution in [0, 0.1) is 20.8 Å². The lowest BCUT2D eigenvalue weighted by atomic mass is 10.0. The first-order valence-electron chi connectivity index (χ1n) is 11.9. The van der Waals surface area contributed by atoms with E-state index in [4.69, 9.17) is 4.74 Å². The average Bonchev–Trinajstić information content (AvgIpc) is 3.47. The molecule has 1 N–H and O–H groups in total. The summed E-state index contributed by atoms with van der Waals surface area (Å²) in [7, 11) is 0. The van der Waals surface area contributed by atoms with Crippen molar-refractivity contribution in [1.29, 1.82) is 0 Å². The van der Waals surface area contributed by atoms with Crippen LogP contribution in [0.4, 0.5) is 5.00 Å². The topological polar surface area (TPSA) is 85.6 Å². The highest BCUT2D eigenvalue weighted by atomic mass is 32.2. The highest BCUT2D eigenvalue weighted by Crippen LogP contribution is 2.36. The molecule has 1 amide bonds. The van der Waals surface area contributed by atoms with Crippen LogP contribution in [0.25, 0.3) is 27.0 Å². The van der Waals surface area contributed by atoms with E-state index in [0.29, 0.717) is 15.7 Å². The molecule has 7 nitrogen and oxygen atoms in total. The molecule has 0 fully saturated rings. The normalized spacial score (nSPS) is 11.2. The van der Waals surface area contributed by atoms with Gasteiger partial charge in [0.05, 0.1) is 23.4 Å². The van der Waals surface area contributed by atoms with Crippen LogP contribution in [-0.2, 0) is 9.53 Å². The van der Waals surface area contributed by atoms with Gasteiger partial charge in [-0.25, -0.2) is 4.79 Å². The number of carbonyl (C=O) groups excluding carboxylic acids is 2. The summed E-state index contributed by atoms with van der Waals surface area (Å²) in [5.74, 6) is -0.584. The molecule has 2 aromatic carbocycles. The second-order valence-electron chi connectivity index (χ2n) is 8.76. The Hall–Kier alpha value is -3.69. The molecule has 0 saturated carbocycles. The maximum Gasteiger partial charge on any atom is 0.341 e. The Morgan fingerprint density at radius 3 is 2.57 bits per heavy atom. The van der Waals surface area contributed by atoms with Gasteiger partial charge in [0.2, 0.25) is 5.91 Å². The third-order valence-corrected chi connectivity index (χ3v) is 8.00. The van der Waals surface area contributed by atoms with Crippen LogP contribution >= 0.6 is 23.1 Å². The van der Waals surface area contributed by atoms with Crippen molar-refractivity contribution < 1.29 is 14.3 Å². The number of aryl methyl sites for hydroxylation is 3. The summed E-state index contributed by atoms with van der Waals surface area (Å²) in [4.78, 5) is 26.5. The van der Waals surface area contributed by atoms with Gasteiger partial charge in [-0.3, -0.25) is 9.20 Å². The van der Waals surface area contributed by atoms with E-state index in [2.05, 4.69) is 48.4 Å². The number of hydrogen-bond donors (Lipinski definition) is 1. The fourth-order valence-corrected chi connectivity index (χ4v) is 6.20. The maximum absolute atomic E-state index is 13.0. The van der Waals surface area contributed by atoms with Crippen molar-refractivity contribution in [3.05, 3.63) is 76.9 Å². The van der Waals surface area contributed by atoms with Gasteiger partial charge in [0, 0.05) is 10.3 Å². The van der Waals surface area contributed by atoms with E-state index in [0.717, 1.165) is 38.1 Å². The van der Waals surface area contributed by atoms with Gasteiger partial charge in [-0.15, -0.1) is 21.5 Å². The number of amides is 1. The lowest BCUT2D eigenvalue weighted by Gasteiger charge is -2.11. The van der Waals surface area contributed by atoms with Gasteiger partial charge < -0.3 is 10.1 Å². The molecule has 3 aromatic heterocycles. The number of anilines is 1. The smallest absolute Gasteiger partial charge is 0.341 e. The van der Waals surface area contributed by atoms with Crippen LogP contribution in [0.1, 0.15) is 34.0 Å². The van der Waals surface area contributed by atoms with Crippen molar-refractivity contribution in [1.82, 2.24) is 14.6 Å². The Kier molecular flexibility index (Phi) is 6.99. The van der Waals surface area contributed by atoms with Crippen molar-refractivity contribution >= 4 is 56.5 Å². The Bertz CT molecular complexity index is 1640. The predicted molar refractivity (Wildman–Crippen MR) is 150 cm³/mol. The number of aromatic nitrogens is 3. The molecule has 0 spiro atoms. The van der Waals surface area contributed by atoms with E-state index in [1.807, 2.05) is 40.8 Å². The highest BCUT2D eigenvalue weighted by Gasteiger charge is 2.21. The molecule has 0 aliphatic rings. The van der Waals surface area contributed by atoms with Gasteiger partial charge in [-0.05, 0) is 62.6 Å². The minimum absolute atomic E-state index is 0.113. The molecule has 3 heterocycles. The summed E-state index contributed by atoms with van der Waals surface area (Å²) < 4.78 is 7.24. The van der Waals surface area contributed by atoms with Gasteiger partial charge in [0.15, 0.2) is 10.8 Å². The molecule has 37 heavy (non-hydrogen) atoms. The molecule has 5 aromatic rings. The zero-order chi connectivity index (χ0) is 26.1. The Morgan fingerprint density at radius 1 is 1.03 bits per heavy atom. The number of fused-ring (bicyclic) bond motifs is 3. The van der Waals surface area contributed by atoms with Crippen molar-refractivity contribution in [2.75, 3.05) is 17.7 Å². The molecule has 9 heteroatoms. The number of nitrogens with zero attached hydrogens (tertiary/aromatic N) is 3. The van der Waals surface area contributed by atoms with E-state index < -0.39 is 5.97 Å². The van der Waals surface area contributed by atoms with Crippen LogP contribution in [-0.4, -0.2) is 38.8 Å². The lowest BCUT2D eigenvalue weighted by molar-refractivity contribution is -0.113. The summed E-state index contributed by atoms with van der Waals surface area (Å²) in [6.45, 7) is 8.25. The monoisotopic (exact) mass is 530 g/mol. The molecule has 0 aliphatic carbocycles. The van der Waals surface area contributed by atoms with Crippen LogP contribution in [0.3, 0.4) is 0 Å². The fraction of sp³-hybridized carbons (Fsp3) is 0.214. The standard InChI is InChI=1S/C28H26N4O3S2/c1-5-35-27(34)21-14-22(19-9-7-6-8-10-19)37-26(21)29-24(33)15-36-28-31-30-23-13-17(3)20-12-16(2)11-18(4)25(20)32(23)28/h6-14H,5,15H2,1-4H3,(H,29,33). The Balaban J connectivity index is 1.41. The van der Waals surface area contributed by atoms with E-state index in [9.17, 15) is 9.59 Å². The molecule has 188 valence electrons. The Morgan fingerprint density at radius 2 is 1.81 bits per heavy atom. The molecule has 0 bridgehead atoms. The molecule has 0 unspecified atom stereocenters. The number of thiophene rings is 1.